The third kappa shape index (κ3) is 4.75. The van der Waals surface area contributed by atoms with E-state index >= 15 is 0 Å². The van der Waals surface area contributed by atoms with E-state index in [2.05, 4.69) is 15.6 Å². The fourth-order valence-electron chi connectivity index (χ4n) is 1.39. The van der Waals surface area contributed by atoms with Crippen LogP contribution in [0, 0.1) is 0 Å². The Balaban J connectivity index is 2.87. The minimum Gasteiger partial charge on any atom is -0.333 e. The maximum absolute atomic E-state index is 11.8. The summed E-state index contributed by atoms with van der Waals surface area (Å²) in [5, 5.41) is 6.21. The zero-order valence-electron chi connectivity index (χ0n) is 11.0. The van der Waals surface area contributed by atoms with Crippen molar-refractivity contribution in [3.8, 4) is 0 Å². The van der Waals surface area contributed by atoms with Crippen LogP contribution in [-0.2, 0) is 0 Å². The van der Waals surface area contributed by atoms with Crippen LogP contribution in [0.2, 0.25) is 5.02 Å². The molecule has 0 aromatic heterocycles. The first-order valence-corrected chi connectivity index (χ1v) is 6.00. The first-order chi connectivity index (χ1) is 8.31. The molecule has 98 valence electrons. The van der Waals surface area contributed by atoms with Crippen LogP contribution in [0.5, 0.6) is 0 Å². The number of hydrogen-bond acceptors (Lipinski definition) is 2. The molecule has 18 heavy (non-hydrogen) atoms. The van der Waals surface area contributed by atoms with Gasteiger partial charge in [0, 0.05) is 29.4 Å². The average molecular weight is 268 g/mol. The molecule has 0 heterocycles. The molecule has 5 heteroatoms. The summed E-state index contributed by atoms with van der Waals surface area (Å²) in [6, 6.07) is 4.97. The third-order valence-electron chi connectivity index (χ3n) is 2.02. The van der Waals surface area contributed by atoms with Crippen molar-refractivity contribution in [2.24, 2.45) is 4.99 Å². The van der Waals surface area contributed by atoms with Crippen LogP contribution in [-0.4, -0.2) is 24.8 Å². The summed E-state index contributed by atoms with van der Waals surface area (Å²) in [6.07, 6.45) is 1.65. The van der Waals surface area contributed by atoms with Gasteiger partial charge in [-0.25, -0.2) is 4.79 Å². The van der Waals surface area contributed by atoms with Gasteiger partial charge in [0.05, 0.1) is 5.69 Å². The number of rotatable bonds is 2. The molecule has 0 saturated heterocycles. The zero-order chi connectivity index (χ0) is 13.8. The molecule has 0 bridgehead atoms. The summed E-state index contributed by atoms with van der Waals surface area (Å²) in [7, 11) is 1.67. The number of urea groups is 1. The van der Waals surface area contributed by atoms with Crippen LogP contribution >= 0.6 is 11.6 Å². The minimum absolute atomic E-state index is 0.254. The molecular weight excluding hydrogens is 250 g/mol. The maximum Gasteiger partial charge on any atom is 0.319 e. The van der Waals surface area contributed by atoms with Crippen LogP contribution in [0.3, 0.4) is 0 Å². The average Bonchev–Trinajstić information content (AvgIpc) is 2.20. The van der Waals surface area contributed by atoms with E-state index in [0.29, 0.717) is 10.7 Å². The SMILES string of the molecule is CN=Cc1cc(Cl)ccc1NC(=O)NC(C)(C)C. The molecule has 0 saturated carbocycles. The van der Waals surface area contributed by atoms with Crippen molar-refractivity contribution >= 4 is 29.5 Å². The van der Waals surface area contributed by atoms with E-state index in [1.165, 1.54) is 0 Å². The van der Waals surface area contributed by atoms with E-state index in [9.17, 15) is 4.79 Å². The van der Waals surface area contributed by atoms with Gasteiger partial charge in [0.2, 0.25) is 0 Å². The Morgan fingerprint density at radius 1 is 1.39 bits per heavy atom. The molecule has 1 rings (SSSR count). The van der Waals surface area contributed by atoms with Crippen LogP contribution in [0.1, 0.15) is 26.3 Å². The van der Waals surface area contributed by atoms with E-state index in [4.69, 9.17) is 11.6 Å². The second-order valence-electron chi connectivity index (χ2n) is 4.95. The number of anilines is 1. The number of halogens is 1. The van der Waals surface area contributed by atoms with Crippen molar-refractivity contribution in [2.45, 2.75) is 26.3 Å². The summed E-state index contributed by atoms with van der Waals surface area (Å²) < 4.78 is 0. The molecule has 2 N–H and O–H groups in total. The molecular formula is C13H18ClN3O. The van der Waals surface area contributed by atoms with Gasteiger partial charge in [0.25, 0.3) is 0 Å². The lowest BCUT2D eigenvalue weighted by molar-refractivity contribution is 0.244. The Kier molecular flexibility index (Phi) is 4.73. The van der Waals surface area contributed by atoms with Crippen molar-refractivity contribution in [3.63, 3.8) is 0 Å². The molecule has 2 amide bonds. The molecule has 1 aromatic rings. The topological polar surface area (TPSA) is 53.5 Å². The van der Waals surface area contributed by atoms with E-state index in [1.54, 1.807) is 31.5 Å². The highest BCUT2D eigenvalue weighted by Crippen LogP contribution is 2.19. The van der Waals surface area contributed by atoms with Gasteiger partial charge >= 0.3 is 6.03 Å². The Morgan fingerprint density at radius 3 is 2.61 bits per heavy atom. The van der Waals surface area contributed by atoms with Crippen molar-refractivity contribution in [1.82, 2.24) is 5.32 Å². The summed E-state index contributed by atoms with van der Waals surface area (Å²) >= 11 is 5.91. The first-order valence-electron chi connectivity index (χ1n) is 5.63. The second-order valence-corrected chi connectivity index (χ2v) is 5.38. The number of nitrogens with one attached hydrogen (secondary N) is 2. The molecule has 0 radical (unpaired) electrons. The van der Waals surface area contributed by atoms with Crippen LogP contribution in [0.15, 0.2) is 23.2 Å². The van der Waals surface area contributed by atoms with Gasteiger partial charge in [-0.05, 0) is 39.0 Å². The fraction of sp³-hybridized carbons (Fsp3) is 0.385. The Hall–Kier alpha value is -1.55. The minimum atomic E-state index is -0.282. The largest absolute Gasteiger partial charge is 0.333 e. The number of carbonyl (C=O) groups excluding carboxylic acids is 1. The number of nitrogens with zero attached hydrogens (tertiary/aromatic N) is 1. The predicted octanol–water partition coefficient (Wildman–Crippen LogP) is 3.31. The van der Waals surface area contributed by atoms with Gasteiger partial charge in [-0.3, -0.25) is 4.99 Å². The monoisotopic (exact) mass is 267 g/mol. The van der Waals surface area contributed by atoms with E-state index in [1.807, 2.05) is 20.8 Å². The summed E-state index contributed by atoms with van der Waals surface area (Å²) in [6.45, 7) is 5.76. The number of amides is 2. The summed E-state index contributed by atoms with van der Waals surface area (Å²) in [5.41, 5.74) is 1.16. The molecule has 0 aliphatic heterocycles. The number of hydrogen-bond donors (Lipinski definition) is 2. The highest BCUT2D eigenvalue weighted by Gasteiger charge is 2.14. The van der Waals surface area contributed by atoms with Crippen LogP contribution < -0.4 is 10.6 Å². The molecule has 4 nitrogen and oxygen atoms in total. The molecule has 0 unspecified atom stereocenters. The van der Waals surface area contributed by atoms with Gasteiger partial charge in [-0.15, -0.1) is 0 Å². The van der Waals surface area contributed by atoms with Gasteiger partial charge in [-0.2, -0.15) is 0 Å². The summed E-state index contributed by atoms with van der Waals surface area (Å²) in [5.74, 6) is 0. The van der Waals surface area contributed by atoms with E-state index in [-0.39, 0.29) is 11.6 Å². The number of aliphatic imine (C=N–C) groups is 1. The number of carbonyl (C=O) groups is 1. The Labute approximate surface area is 112 Å². The van der Waals surface area contributed by atoms with Gasteiger partial charge in [0.15, 0.2) is 0 Å². The van der Waals surface area contributed by atoms with Crippen molar-refractivity contribution in [1.29, 1.82) is 0 Å². The van der Waals surface area contributed by atoms with Gasteiger partial charge in [0.1, 0.15) is 0 Å². The maximum atomic E-state index is 11.8. The Morgan fingerprint density at radius 2 is 2.06 bits per heavy atom. The first kappa shape index (κ1) is 14.5. The molecule has 0 aliphatic carbocycles. The second kappa shape index (κ2) is 5.87. The molecule has 0 fully saturated rings. The van der Waals surface area contributed by atoms with E-state index < -0.39 is 0 Å². The van der Waals surface area contributed by atoms with E-state index in [0.717, 1.165) is 5.56 Å². The summed E-state index contributed by atoms with van der Waals surface area (Å²) in [4.78, 5) is 15.7. The molecule has 0 aliphatic rings. The van der Waals surface area contributed by atoms with Gasteiger partial charge in [-0.1, -0.05) is 11.6 Å². The number of benzene rings is 1. The Bertz CT molecular complexity index is 464. The lowest BCUT2D eigenvalue weighted by Gasteiger charge is -2.21. The van der Waals surface area contributed by atoms with Crippen molar-refractivity contribution < 1.29 is 4.79 Å². The van der Waals surface area contributed by atoms with Gasteiger partial charge < -0.3 is 10.6 Å². The smallest absolute Gasteiger partial charge is 0.319 e. The standard InChI is InChI=1S/C13H18ClN3O/c1-13(2,3)17-12(18)16-11-6-5-10(14)7-9(11)8-15-4/h5-8H,1-4H3,(H2,16,17,18). The predicted molar refractivity (Wildman–Crippen MR) is 76.9 cm³/mol. The molecule has 0 spiro atoms. The van der Waals surface area contributed by atoms with Crippen molar-refractivity contribution in [3.05, 3.63) is 28.8 Å². The zero-order valence-corrected chi connectivity index (χ0v) is 11.8. The third-order valence-corrected chi connectivity index (χ3v) is 2.25. The fourth-order valence-corrected chi connectivity index (χ4v) is 1.57. The van der Waals surface area contributed by atoms with Crippen molar-refractivity contribution in [2.75, 3.05) is 12.4 Å². The highest BCUT2D eigenvalue weighted by atomic mass is 35.5. The normalized spacial score (nSPS) is 11.6. The lowest BCUT2D eigenvalue weighted by Crippen LogP contribution is -2.43. The molecule has 0 atom stereocenters. The highest BCUT2D eigenvalue weighted by molar-refractivity contribution is 6.31. The lowest BCUT2D eigenvalue weighted by atomic mass is 10.1. The molecule has 1 aromatic carbocycles. The quantitative estimate of drug-likeness (QED) is 0.794. The van der Waals surface area contributed by atoms with Crippen LogP contribution in [0.4, 0.5) is 10.5 Å². The van der Waals surface area contributed by atoms with Crippen LogP contribution in [0.25, 0.3) is 0 Å².